The summed E-state index contributed by atoms with van der Waals surface area (Å²) < 4.78 is 27.0. The number of rotatable bonds is 20. The van der Waals surface area contributed by atoms with Gasteiger partial charge in [-0.15, -0.1) is 0 Å². The molecule has 0 saturated heterocycles. The van der Waals surface area contributed by atoms with E-state index >= 15 is 0 Å². The molecule has 3 rings (SSSR count). The summed E-state index contributed by atoms with van der Waals surface area (Å²) in [6, 6.07) is 14.2. The lowest BCUT2D eigenvalue weighted by Gasteiger charge is -2.21. The lowest BCUT2D eigenvalue weighted by atomic mass is 9.98. The molecule has 1 fully saturated rings. The van der Waals surface area contributed by atoms with Crippen LogP contribution in [-0.2, 0) is 28.6 Å². The van der Waals surface area contributed by atoms with Crippen LogP contribution in [0.2, 0.25) is 0 Å². The molecule has 1 aliphatic carbocycles. The molecule has 9 heteroatoms. The van der Waals surface area contributed by atoms with Gasteiger partial charge >= 0.3 is 17.9 Å². The first-order valence-electron chi connectivity index (χ1n) is 16.3. The van der Waals surface area contributed by atoms with E-state index in [1.54, 1.807) is 49.4 Å². The second-order valence-corrected chi connectivity index (χ2v) is 11.5. The van der Waals surface area contributed by atoms with E-state index in [-0.39, 0.29) is 43.7 Å². The molecule has 47 heavy (non-hydrogen) atoms. The third-order valence-corrected chi connectivity index (χ3v) is 7.42. The molecule has 0 N–H and O–H groups in total. The van der Waals surface area contributed by atoms with Gasteiger partial charge in [0.2, 0.25) is 0 Å². The van der Waals surface area contributed by atoms with E-state index in [9.17, 15) is 19.2 Å². The molecule has 0 aliphatic heterocycles. The molecule has 2 aromatic carbocycles. The zero-order valence-electron chi connectivity index (χ0n) is 27.3. The number of hydrogen-bond donors (Lipinski definition) is 0. The number of hydrogen-bond acceptors (Lipinski definition) is 9. The first-order valence-corrected chi connectivity index (χ1v) is 16.3. The van der Waals surface area contributed by atoms with Crippen molar-refractivity contribution in [3.05, 3.63) is 90.0 Å². The Bertz CT molecular complexity index is 1370. The molecule has 0 unspecified atom stereocenters. The maximum atomic E-state index is 12.6. The molecule has 0 aromatic heterocycles. The van der Waals surface area contributed by atoms with E-state index in [0.717, 1.165) is 50.5 Å². The van der Waals surface area contributed by atoms with Gasteiger partial charge in [-0.2, -0.15) is 0 Å². The van der Waals surface area contributed by atoms with Crippen molar-refractivity contribution < 1.29 is 42.9 Å². The molecule has 2 aromatic rings. The van der Waals surface area contributed by atoms with Gasteiger partial charge in [0.15, 0.2) is 5.78 Å². The molecule has 0 heterocycles. The van der Waals surface area contributed by atoms with Crippen LogP contribution in [0.15, 0.2) is 78.9 Å². The first-order chi connectivity index (χ1) is 22.7. The minimum absolute atomic E-state index is 0.0422. The van der Waals surface area contributed by atoms with Crippen LogP contribution >= 0.6 is 0 Å². The summed E-state index contributed by atoms with van der Waals surface area (Å²) in [5, 5.41) is 0. The van der Waals surface area contributed by atoms with Crippen LogP contribution in [0, 0.1) is 0 Å². The second kappa shape index (κ2) is 20.5. The van der Waals surface area contributed by atoms with Crippen molar-refractivity contribution in [3.8, 4) is 11.5 Å². The largest absolute Gasteiger partial charge is 0.494 e. The molecule has 9 nitrogen and oxygen atoms in total. The van der Waals surface area contributed by atoms with Crippen molar-refractivity contribution in [2.24, 2.45) is 0 Å². The number of carbonyl (C=O) groups is 4. The Morgan fingerprint density at radius 2 is 1.32 bits per heavy atom. The van der Waals surface area contributed by atoms with E-state index in [2.05, 4.69) is 13.2 Å². The van der Waals surface area contributed by atoms with Gasteiger partial charge in [-0.05, 0) is 106 Å². The quantitative estimate of drug-likeness (QED) is 0.0478. The maximum Gasteiger partial charge on any atom is 0.333 e. The van der Waals surface area contributed by atoms with Crippen molar-refractivity contribution in [1.29, 1.82) is 0 Å². The third kappa shape index (κ3) is 14.5. The van der Waals surface area contributed by atoms with Gasteiger partial charge in [0.05, 0.1) is 19.6 Å². The van der Waals surface area contributed by atoms with Crippen LogP contribution in [0.4, 0.5) is 0 Å². The van der Waals surface area contributed by atoms with Crippen molar-refractivity contribution in [1.82, 2.24) is 0 Å². The fourth-order valence-corrected chi connectivity index (χ4v) is 4.75. The van der Waals surface area contributed by atoms with Crippen molar-refractivity contribution in [3.63, 3.8) is 0 Å². The summed E-state index contributed by atoms with van der Waals surface area (Å²) in [5.74, 6) is -0.225. The van der Waals surface area contributed by atoms with Crippen LogP contribution in [-0.4, -0.2) is 56.2 Å². The predicted molar refractivity (Wildman–Crippen MR) is 179 cm³/mol. The molecular formula is C38H46O9. The highest BCUT2D eigenvalue weighted by Gasteiger charge is 2.20. The molecule has 0 amide bonds. The molecule has 0 spiro atoms. The second-order valence-electron chi connectivity index (χ2n) is 11.5. The molecule has 0 atom stereocenters. The Labute approximate surface area is 277 Å². The Balaban J connectivity index is 1.23. The zero-order chi connectivity index (χ0) is 33.9. The summed E-state index contributed by atoms with van der Waals surface area (Å²) >= 11 is 0. The summed E-state index contributed by atoms with van der Waals surface area (Å²) in [6.45, 7) is 9.96. The number of ketones is 1. The Morgan fingerprint density at radius 3 is 1.98 bits per heavy atom. The predicted octanol–water partition coefficient (Wildman–Crippen LogP) is 7.39. The summed E-state index contributed by atoms with van der Waals surface area (Å²) in [5.41, 5.74) is 1.86. The standard InChI is InChI=1S/C38H46O9/c1-28(2)37(41)46-26-25-44-32-18-13-30(14-19-32)15-22-35(39)31-16-20-33(21-17-31)43-23-9-4-5-10-24-45-38(42)29(3)27-36(40)47-34-11-7-6-8-12-34/h13-22,34H,1,3-12,23-27H2,2H3/b22-15+. The number of unbranched alkanes of at least 4 members (excludes halogenated alkanes) is 3. The van der Waals surface area contributed by atoms with Gasteiger partial charge in [0, 0.05) is 16.7 Å². The van der Waals surface area contributed by atoms with Crippen LogP contribution < -0.4 is 9.47 Å². The maximum absolute atomic E-state index is 12.6. The zero-order valence-corrected chi connectivity index (χ0v) is 27.3. The van der Waals surface area contributed by atoms with Crippen molar-refractivity contribution in [2.45, 2.75) is 77.2 Å². The fraction of sp³-hybridized carbons (Fsp3) is 0.421. The van der Waals surface area contributed by atoms with E-state index < -0.39 is 17.9 Å². The Morgan fingerprint density at radius 1 is 0.723 bits per heavy atom. The highest BCUT2D eigenvalue weighted by Crippen LogP contribution is 2.21. The summed E-state index contributed by atoms with van der Waals surface area (Å²) in [6.07, 6.45) is 11.5. The Hall–Kier alpha value is -4.66. The molecule has 0 radical (unpaired) electrons. The van der Waals surface area contributed by atoms with Gasteiger partial charge in [0.1, 0.15) is 30.8 Å². The number of esters is 3. The topological polar surface area (TPSA) is 114 Å². The smallest absolute Gasteiger partial charge is 0.333 e. The van der Waals surface area contributed by atoms with Crippen LogP contribution in [0.3, 0.4) is 0 Å². The minimum atomic E-state index is -0.552. The highest BCUT2D eigenvalue weighted by molar-refractivity contribution is 6.06. The van der Waals surface area contributed by atoms with Gasteiger partial charge in [-0.25, -0.2) is 9.59 Å². The number of benzene rings is 2. The van der Waals surface area contributed by atoms with E-state index in [1.807, 2.05) is 12.1 Å². The number of carbonyl (C=O) groups excluding carboxylic acids is 4. The van der Waals surface area contributed by atoms with Crippen LogP contribution in [0.5, 0.6) is 11.5 Å². The molecular weight excluding hydrogens is 600 g/mol. The lowest BCUT2D eigenvalue weighted by Crippen LogP contribution is -2.22. The SMILES string of the molecule is C=C(C)C(=O)OCCOc1ccc(/C=C/C(=O)c2ccc(OCCCCCCOC(=O)C(=C)CC(=O)OC3CCCCC3)cc2)cc1. The lowest BCUT2D eigenvalue weighted by molar-refractivity contribution is -0.151. The average molecular weight is 647 g/mol. The molecule has 0 bridgehead atoms. The van der Waals surface area contributed by atoms with E-state index in [0.29, 0.717) is 35.7 Å². The molecule has 1 aliphatic rings. The Kier molecular flexibility index (Phi) is 16.0. The van der Waals surface area contributed by atoms with E-state index in [4.69, 9.17) is 23.7 Å². The third-order valence-electron chi connectivity index (χ3n) is 7.42. The minimum Gasteiger partial charge on any atom is -0.494 e. The average Bonchev–Trinajstić information content (AvgIpc) is 3.07. The number of allylic oxidation sites excluding steroid dienone is 1. The summed E-state index contributed by atoms with van der Waals surface area (Å²) in [7, 11) is 0. The van der Waals surface area contributed by atoms with Crippen LogP contribution in [0.25, 0.3) is 6.08 Å². The van der Waals surface area contributed by atoms with Gasteiger partial charge < -0.3 is 23.7 Å². The molecule has 1 saturated carbocycles. The van der Waals surface area contributed by atoms with E-state index in [1.165, 1.54) is 12.5 Å². The number of ether oxygens (including phenoxy) is 5. The van der Waals surface area contributed by atoms with Gasteiger partial charge in [-0.1, -0.05) is 37.8 Å². The van der Waals surface area contributed by atoms with Gasteiger partial charge in [0.25, 0.3) is 0 Å². The van der Waals surface area contributed by atoms with Crippen molar-refractivity contribution in [2.75, 3.05) is 26.4 Å². The summed E-state index contributed by atoms with van der Waals surface area (Å²) in [4.78, 5) is 48.1. The molecule has 252 valence electrons. The van der Waals surface area contributed by atoms with Gasteiger partial charge in [-0.3, -0.25) is 9.59 Å². The monoisotopic (exact) mass is 646 g/mol. The first kappa shape index (κ1) is 36.8. The van der Waals surface area contributed by atoms with Crippen molar-refractivity contribution >= 4 is 29.8 Å². The normalized spacial score (nSPS) is 13.0. The fourth-order valence-electron chi connectivity index (χ4n) is 4.75. The highest BCUT2D eigenvalue weighted by atomic mass is 16.6. The van der Waals surface area contributed by atoms with Crippen LogP contribution in [0.1, 0.15) is 87.1 Å².